The van der Waals surface area contributed by atoms with E-state index >= 15 is 0 Å². The predicted octanol–water partition coefficient (Wildman–Crippen LogP) is 1.78. The van der Waals surface area contributed by atoms with Crippen molar-refractivity contribution in [3.05, 3.63) is 36.7 Å². The third kappa shape index (κ3) is 3.23. The standard InChI is InChI=1S/C16H19N5/c1-2-10-20-11-7-14(8-12-20)18-15-5-3-4-6-16(15)21-13-9-17-19-21/h1,3-6,9,13-14,18H,7-8,10-12H2. The van der Waals surface area contributed by atoms with Crippen LogP contribution in [0.25, 0.3) is 5.69 Å². The van der Waals surface area contributed by atoms with E-state index < -0.39 is 0 Å². The summed E-state index contributed by atoms with van der Waals surface area (Å²) in [6.45, 7) is 2.85. The van der Waals surface area contributed by atoms with Crippen molar-refractivity contribution in [2.24, 2.45) is 0 Å². The Bertz CT molecular complexity index is 606. The highest BCUT2D eigenvalue weighted by atomic mass is 15.4. The van der Waals surface area contributed by atoms with Crippen molar-refractivity contribution in [2.75, 3.05) is 25.0 Å². The number of anilines is 1. The minimum atomic E-state index is 0.476. The Hall–Kier alpha value is -2.32. The fourth-order valence-electron chi connectivity index (χ4n) is 2.72. The lowest BCUT2D eigenvalue weighted by Gasteiger charge is -2.32. The fraction of sp³-hybridized carbons (Fsp3) is 0.375. The van der Waals surface area contributed by atoms with Gasteiger partial charge in [0.05, 0.1) is 30.3 Å². The number of aromatic nitrogens is 3. The summed E-state index contributed by atoms with van der Waals surface area (Å²) in [5, 5.41) is 11.6. The molecular formula is C16H19N5. The molecule has 2 heterocycles. The SMILES string of the molecule is C#CCN1CCC(Nc2ccccc2-n2ccnn2)CC1. The molecule has 0 amide bonds. The minimum Gasteiger partial charge on any atom is -0.380 e. The summed E-state index contributed by atoms with van der Waals surface area (Å²) >= 11 is 0. The first-order chi connectivity index (χ1) is 10.4. The number of hydrogen-bond acceptors (Lipinski definition) is 4. The average molecular weight is 281 g/mol. The van der Waals surface area contributed by atoms with E-state index in [-0.39, 0.29) is 0 Å². The van der Waals surface area contributed by atoms with E-state index in [9.17, 15) is 0 Å². The van der Waals surface area contributed by atoms with E-state index in [1.54, 1.807) is 10.9 Å². The van der Waals surface area contributed by atoms with Crippen LogP contribution < -0.4 is 5.32 Å². The summed E-state index contributed by atoms with van der Waals surface area (Å²) in [6, 6.07) is 8.66. The van der Waals surface area contributed by atoms with Crippen LogP contribution in [0.5, 0.6) is 0 Å². The van der Waals surface area contributed by atoms with Crippen molar-refractivity contribution in [3.63, 3.8) is 0 Å². The van der Waals surface area contributed by atoms with Crippen molar-refractivity contribution in [1.29, 1.82) is 0 Å². The second-order valence-corrected chi connectivity index (χ2v) is 5.26. The third-order valence-electron chi connectivity index (χ3n) is 3.84. The van der Waals surface area contributed by atoms with E-state index in [4.69, 9.17) is 6.42 Å². The summed E-state index contributed by atoms with van der Waals surface area (Å²) in [4.78, 5) is 2.32. The van der Waals surface area contributed by atoms with Crippen LogP contribution in [-0.2, 0) is 0 Å². The quantitative estimate of drug-likeness (QED) is 0.868. The van der Waals surface area contributed by atoms with Crippen LogP contribution in [-0.4, -0.2) is 45.6 Å². The maximum Gasteiger partial charge on any atom is 0.0894 e. The van der Waals surface area contributed by atoms with Crippen LogP contribution in [0.15, 0.2) is 36.7 Å². The fourth-order valence-corrected chi connectivity index (χ4v) is 2.72. The van der Waals surface area contributed by atoms with E-state index in [2.05, 4.69) is 32.5 Å². The molecule has 1 saturated heterocycles. The van der Waals surface area contributed by atoms with Gasteiger partial charge in [0.1, 0.15) is 0 Å². The predicted molar refractivity (Wildman–Crippen MR) is 83.3 cm³/mol. The largest absolute Gasteiger partial charge is 0.380 e. The maximum atomic E-state index is 5.37. The molecule has 1 aliphatic rings. The number of hydrogen-bond donors (Lipinski definition) is 1. The molecule has 0 unspecified atom stereocenters. The number of nitrogens with zero attached hydrogens (tertiary/aromatic N) is 4. The van der Waals surface area contributed by atoms with Crippen molar-refractivity contribution in [1.82, 2.24) is 19.9 Å². The van der Waals surface area contributed by atoms with E-state index in [0.29, 0.717) is 6.04 Å². The van der Waals surface area contributed by atoms with Crippen molar-refractivity contribution >= 4 is 5.69 Å². The van der Waals surface area contributed by atoms with Crippen molar-refractivity contribution in [2.45, 2.75) is 18.9 Å². The van der Waals surface area contributed by atoms with Crippen molar-refractivity contribution < 1.29 is 0 Å². The van der Waals surface area contributed by atoms with Crippen LogP contribution in [0.3, 0.4) is 0 Å². The first-order valence-electron chi connectivity index (χ1n) is 7.25. The van der Waals surface area contributed by atoms with Gasteiger partial charge >= 0.3 is 0 Å². The van der Waals surface area contributed by atoms with Gasteiger partial charge in [-0.1, -0.05) is 23.3 Å². The zero-order valence-corrected chi connectivity index (χ0v) is 11.9. The van der Waals surface area contributed by atoms with Crippen molar-refractivity contribution in [3.8, 4) is 18.0 Å². The van der Waals surface area contributed by atoms with E-state index in [1.165, 1.54) is 0 Å². The molecule has 0 saturated carbocycles. The van der Waals surface area contributed by atoms with Crippen LogP contribution in [0.4, 0.5) is 5.69 Å². The Kier molecular flexibility index (Phi) is 4.17. The number of piperidine rings is 1. The summed E-state index contributed by atoms with van der Waals surface area (Å²) in [5.41, 5.74) is 2.12. The Morgan fingerprint density at radius 2 is 2.10 bits per heavy atom. The highest BCUT2D eigenvalue weighted by molar-refractivity contribution is 5.61. The second kappa shape index (κ2) is 6.42. The van der Waals surface area contributed by atoms with Gasteiger partial charge in [-0.3, -0.25) is 4.90 Å². The van der Waals surface area contributed by atoms with Crippen LogP contribution >= 0.6 is 0 Å². The van der Waals surface area contributed by atoms with Gasteiger partial charge in [-0.2, -0.15) is 0 Å². The minimum absolute atomic E-state index is 0.476. The molecule has 0 bridgehead atoms. The highest BCUT2D eigenvalue weighted by Crippen LogP contribution is 2.22. The summed E-state index contributed by atoms with van der Waals surface area (Å²) < 4.78 is 1.79. The lowest BCUT2D eigenvalue weighted by Crippen LogP contribution is -2.39. The van der Waals surface area contributed by atoms with Crippen LogP contribution in [0, 0.1) is 12.3 Å². The normalized spacial score (nSPS) is 16.5. The summed E-state index contributed by atoms with van der Waals surface area (Å²) in [5.74, 6) is 2.72. The van der Waals surface area contributed by atoms with Gasteiger partial charge in [0, 0.05) is 19.1 Å². The molecule has 21 heavy (non-hydrogen) atoms. The smallest absolute Gasteiger partial charge is 0.0894 e. The lowest BCUT2D eigenvalue weighted by molar-refractivity contribution is 0.243. The van der Waals surface area contributed by atoms with Gasteiger partial charge < -0.3 is 5.32 Å². The molecule has 0 radical (unpaired) electrons. The molecule has 5 heteroatoms. The van der Waals surface area contributed by atoms with E-state index in [0.717, 1.165) is 43.9 Å². The monoisotopic (exact) mass is 281 g/mol. The Morgan fingerprint density at radius 3 is 2.81 bits per heavy atom. The van der Waals surface area contributed by atoms with Gasteiger partial charge in [0.15, 0.2) is 0 Å². The van der Waals surface area contributed by atoms with Gasteiger partial charge in [-0.15, -0.1) is 11.5 Å². The molecule has 1 aliphatic heterocycles. The van der Waals surface area contributed by atoms with Gasteiger partial charge in [0.2, 0.25) is 0 Å². The Labute approximate surface area is 125 Å². The Morgan fingerprint density at radius 1 is 1.29 bits per heavy atom. The third-order valence-corrected chi connectivity index (χ3v) is 3.84. The van der Waals surface area contributed by atoms with Gasteiger partial charge in [-0.25, -0.2) is 4.68 Å². The molecule has 1 aromatic heterocycles. The first-order valence-corrected chi connectivity index (χ1v) is 7.25. The van der Waals surface area contributed by atoms with Crippen LogP contribution in [0.1, 0.15) is 12.8 Å². The topological polar surface area (TPSA) is 46.0 Å². The average Bonchev–Trinajstić information content (AvgIpc) is 3.04. The molecule has 3 rings (SSSR count). The number of rotatable bonds is 4. The molecule has 2 aromatic rings. The zero-order valence-electron chi connectivity index (χ0n) is 11.9. The first kappa shape index (κ1) is 13.7. The van der Waals surface area contributed by atoms with E-state index in [1.807, 2.05) is 24.4 Å². The number of nitrogens with one attached hydrogen (secondary N) is 1. The lowest BCUT2D eigenvalue weighted by atomic mass is 10.0. The number of likely N-dealkylation sites (tertiary alicyclic amines) is 1. The number of terminal acetylenes is 1. The molecule has 108 valence electrons. The van der Waals surface area contributed by atoms with Crippen LogP contribution in [0.2, 0.25) is 0 Å². The molecule has 0 aliphatic carbocycles. The van der Waals surface area contributed by atoms with Gasteiger partial charge in [-0.05, 0) is 25.0 Å². The molecular weight excluding hydrogens is 262 g/mol. The summed E-state index contributed by atoms with van der Waals surface area (Å²) in [6.07, 6.45) is 11.1. The Balaban J connectivity index is 1.68. The molecule has 1 N–H and O–H groups in total. The molecule has 0 spiro atoms. The second-order valence-electron chi connectivity index (χ2n) is 5.26. The molecule has 1 fully saturated rings. The number of para-hydroxylation sites is 2. The molecule has 5 nitrogen and oxygen atoms in total. The molecule has 1 aromatic carbocycles. The number of benzene rings is 1. The maximum absolute atomic E-state index is 5.37. The highest BCUT2D eigenvalue weighted by Gasteiger charge is 2.19. The summed E-state index contributed by atoms with van der Waals surface area (Å²) in [7, 11) is 0. The zero-order chi connectivity index (χ0) is 14.5. The van der Waals surface area contributed by atoms with Gasteiger partial charge in [0.25, 0.3) is 0 Å². The molecule has 0 atom stereocenters.